The molecule has 3 aromatic rings. The van der Waals surface area contributed by atoms with Crippen molar-refractivity contribution in [1.29, 1.82) is 0 Å². The number of hydrogen-bond acceptors (Lipinski definition) is 3. The van der Waals surface area contributed by atoms with E-state index in [1.807, 2.05) is 67.6 Å². The van der Waals surface area contributed by atoms with E-state index in [2.05, 4.69) is 11.4 Å². The van der Waals surface area contributed by atoms with Crippen LogP contribution in [-0.2, 0) is 11.2 Å². The van der Waals surface area contributed by atoms with Crippen molar-refractivity contribution < 1.29 is 14.3 Å². The van der Waals surface area contributed by atoms with Crippen LogP contribution in [0.25, 0.3) is 10.8 Å². The van der Waals surface area contributed by atoms with Gasteiger partial charge < -0.3 is 14.8 Å². The van der Waals surface area contributed by atoms with E-state index in [9.17, 15) is 4.79 Å². The average Bonchev–Trinajstić information content (AvgIpc) is 2.72. The number of rotatable bonds is 8. The van der Waals surface area contributed by atoms with Gasteiger partial charge in [0.25, 0.3) is 5.91 Å². The molecule has 1 amide bonds. The third kappa shape index (κ3) is 5.00. The molecule has 0 spiro atoms. The third-order valence-corrected chi connectivity index (χ3v) is 4.53. The number of ether oxygens (including phenoxy) is 2. The Morgan fingerprint density at radius 2 is 1.67 bits per heavy atom. The first-order valence-electron chi connectivity index (χ1n) is 9.25. The fourth-order valence-corrected chi connectivity index (χ4v) is 2.96. The summed E-state index contributed by atoms with van der Waals surface area (Å²) in [5, 5.41) is 5.23. The standard InChI is InChI=1S/C23H25NO3/c1-3-22(27-21-13-10-18-6-4-5-7-19(18)16-21)23(25)24-15-14-17-8-11-20(26-2)12-9-17/h4-13,16,22H,3,14-15H2,1-2H3,(H,24,25)/t22-/m0/s1. The van der Waals surface area contributed by atoms with E-state index < -0.39 is 6.10 Å². The van der Waals surface area contributed by atoms with Gasteiger partial charge in [-0.15, -0.1) is 0 Å². The van der Waals surface area contributed by atoms with Crippen LogP contribution in [0.3, 0.4) is 0 Å². The van der Waals surface area contributed by atoms with Crippen LogP contribution < -0.4 is 14.8 Å². The van der Waals surface area contributed by atoms with Crippen LogP contribution in [0.15, 0.2) is 66.7 Å². The molecule has 0 aliphatic heterocycles. The molecule has 4 heteroatoms. The van der Waals surface area contributed by atoms with Gasteiger partial charge in [-0.3, -0.25) is 4.79 Å². The number of carbonyl (C=O) groups is 1. The van der Waals surface area contributed by atoms with E-state index in [1.54, 1.807) is 7.11 Å². The molecule has 0 saturated carbocycles. The van der Waals surface area contributed by atoms with Crippen LogP contribution in [0.4, 0.5) is 0 Å². The minimum Gasteiger partial charge on any atom is -0.497 e. The highest BCUT2D eigenvalue weighted by Gasteiger charge is 2.18. The van der Waals surface area contributed by atoms with Crippen molar-refractivity contribution in [3.05, 3.63) is 72.3 Å². The van der Waals surface area contributed by atoms with Crippen molar-refractivity contribution in [3.8, 4) is 11.5 Å². The second-order valence-corrected chi connectivity index (χ2v) is 6.41. The normalized spacial score (nSPS) is 11.8. The van der Waals surface area contributed by atoms with E-state index in [0.717, 1.165) is 28.5 Å². The molecule has 0 heterocycles. The summed E-state index contributed by atoms with van der Waals surface area (Å²) in [6, 6.07) is 21.9. The van der Waals surface area contributed by atoms with Crippen LogP contribution in [0, 0.1) is 0 Å². The zero-order valence-corrected chi connectivity index (χ0v) is 15.8. The number of nitrogens with one attached hydrogen (secondary N) is 1. The van der Waals surface area contributed by atoms with Gasteiger partial charge in [-0.1, -0.05) is 49.4 Å². The summed E-state index contributed by atoms with van der Waals surface area (Å²) >= 11 is 0. The fourth-order valence-electron chi connectivity index (χ4n) is 2.96. The van der Waals surface area contributed by atoms with Gasteiger partial charge in [0.05, 0.1) is 7.11 Å². The first-order valence-corrected chi connectivity index (χ1v) is 9.25. The zero-order valence-electron chi connectivity index (χ0n) is 15.8. The minimum atomic E-state index is -0.498. The maximum Gasteiger partial charge on any atom is 0.261 e. The minimum absolute atomic E-state index is 0.0841. The lowest BCUT2D eigenvalue weighted by atomic mass is 10.1. The van der Waals surface area contributed by atoms with Gasteiger partial charge in [0, 0.05) is 6.54 Å². The molecule has 1 atom stereocenters. The summed E-state index contributed by atoms with van der Waals surface area (Å²) in [6.45, 7) is 2.53. The Balaban J connectivity index is 1.54. The SMILES string of the molecule is CC[C@H](Oc1ccc2ccccc2c1)C(=O)NCCc1ccc(OC)cc1. The third-order valence-electron chi connectivity index (χ3n) is 4.53. The molecule has 0 bridgehead atoms. The summed E-state index contributed by atoms with van der Waals surface area (Å²) in [5.41, 5.74) is 1.15. The Morgan fingerprint density at radius 1 is 0.963 bits per heavy atom. The first-order chi connectivity index (χ1) is 13.2. The summed E-state index contributed by atoms with van der Waals surface area (Å²) in [6.07, 6.45) is 0.880. The summed E-state index contributed by atoms with van der Waals surface area (Å²) < 4.78 is 11.1. The molecule has 0 fully saturated rings. The van der Waals surface area contributed by atoms with E-state index in [1.165, 1.54) is 0 Å². The van der Waals surface area contributed by atoms with Crippen LogP contribution in [0.1, 0.15) is 18.9 Å². The summed E-state index contributed by atoms with van der Waals surface area (Å²) in [4.78, 5) is 12.5. The van der Waals surface area contributed by atoms with Gasteiger partial charge >= 0.3 is 0 Å². The van der Waals surface area contributed by atoms with Gasteiger partial charge in [0.15, 0.2) is 6.10 Å². The number of methoxy groups -OCH3 is 1. The van der Waals surface area contributed by atoms with Gasteiger partial charge in [-0.25, -0.2) is 0 Å². The number of amides is 1. The smallest absolute Gasteiger partial charge is 0.261 e. The highest BCUT2D eigenvalue weighted by Crippen LogP contribution is 2.22. The lowest BCUT2D eigenvalue weighted by Gasteiger charge is -2.17. The van der Waals surface area contributed by atoms with E-state index in [4.69, 9.17) is 9.47 Å². The maximum absolute atomic E-state index is 12.5. The molecular formula is C23H25NO3. The Hall–Kier alpha value is -3.01. The predicted molar refractivity (Wildman–Crippen MR) is 108 cm³/mol. The van der Waals surface area contributed by atoms with Gasteiger partial charge in [-0.05, 0) is 53.4 Å². The molecule has 0 saturated heterocycles. The average molecular weight is 363 g/mol. The van der Waals surface area contributed by atoms with Crippen molar-refractivity contribution in [2.24, 2.45) is 0 Å². The molecule has 3 aromatic carbocycles. The number of benzene rings is 3. The van der Waals surface area contributed by atoms with Crippen LogP contribution >= 0.6 is 0 Å². The summed E-state index contributed by atoms with van der Waals surface area (Å²) in [5.74, 6) is 1.46. The lowest BCUT2D eigenvalue weighted by molar-refractivity contribution is -0.128. The molecular weight excluding hydrogens is 338 g/mol. The van der Waals surface area contributed by atoms with Crippen molar-refractivity contribution >= 4 is 16.7 Å². The van der Waals surface area contributed by atoms with E-state index in [-0.39, 0.29) is 5.91 Å². The molecule has 3 rings (SSSR count). The molecule has 140 valence electrons. The van der Waals surface area contributed by atoms with Gasteiger partial charge in [0.2, 0.25) is 0 Å². The van der Waals surface area contributed by atoms with Crippen LogP contribution in [0.5, 0.6) is 11.5 Å². The Labute approximate surface area is 160 Å². The Morgan fingerprint density at radius 3 is 2.37 bits per heavy atom. The molecule has 0 aromatic heterocycles. The Kier molecular flexibility index (Phi) is 6.31. The molecule has 0 radical (unpaired) electrons. The number of fused-ring (bicyclic) bond motifs is 1. The number of carbonyl (C=O) groups excluding carboxylic acids is 1. The highest BCUT2D eigenvalue weighted by molar-refractivity contribution is 5.84. The monoisotopic (exact) mass is 363 g/mol. The first kappa shape index (κ1) is 18.8. The van der Waals surface area contributed by atoms with Crippen LogP contribution in [-0.4, -0.2) is 25.7 Å². The highest BCUT2D eigenvalue weighted by atomic mass is 16.5. The predicted octanol–water partition coefficient (Wildman–Crippen LogP) is 4.36. The molecule has 0 unspecified atom stereocenters. The lowest BCUT2D eigenvalue weighted by Crippen LogP contribution is -2.38. The molecule has 1 N–H and O–H groups in total. The van der Waals surface area contributed by atoms with E-state index in [0.29, 0.717) is 18.7 Å². The molecule has 0 aliphatic rings. The van der Waals surface area contributed by atoms with Crippen LogP contribution in [0.2, 0.25) is 0 Å². The van der Waals surface area contributed by atoms with Crippen molar-refractivity contribution in [2.45, 2.75) is 25.9 Å². The molecule has 0 aliphatic carbocycles. The fraction of sp³-hybridized carbons (Fsp3) is 0.261. The largest absolute Gasteiger partial charge is 0.497 e. The van der Waals surface area contributed by atoms with Crippen molar-refractivity contribution in [2.75, 3.05) is 13.7 Å². The molecule has 27 heavy (non-hydrogen) atoms. The quantitative estimate of drug-likeness (QED) is 0.647. The maximum atomic E-state index is 12.5. The molecule has 4 nitrogen and oxygen atoms in total. The second kappa shape index (κ2) is 9.08. The van der Waals surface area contributed by atoms with Gasteiger partial charge in [-0.2, -0.15) is 0 Å². The van der Waals surface area contributed by atoms with E-state index >= 15 is 0 Å². The Bertz CT molecular complexity index is 890. The number of hydrogen-bond donors (Lipinski definition) is 1. The second-order valence-electron chi connectivity index (χ2n) is 6.41. The zero-order chi connectivity index (χ0) is 19.1. The topological polar surface area (TPSA) is 47.6 Å². The van der Waals surface area contributed by atoms with Gasteiger partial charge in [0.1, 0.15) is 11.5 Å². The summed E-state index contributed by atoms with van der Waals surface area (Å²) in [7, 11) is 1.65. The van der Waals surface area contributed by atoms with Crippen molar-refractivity contribution in [3.63, 3.8) is 0 Å². The van der Waals surface area contributed by atoms with Crippen molar-refractivity contribution in [1.82, 2.24) is 5.32 Å².